The zero-order valence-electron chi connectivity index (χ0n) is 16.8. The van der Waals surface area contributed by atoms with Crippen molar-refractivity contribution in [2.24, 2.45) is 0 Å². The number of carbonyl (C=O) groups is 2. The third kappa shape index (κ3) is 4.41. The van der Waals surface area contributed by atoms with E-state index in [1.54, 1.807) is 56.3 Å². The van der Waals surface area contributed by atoms with Gasteiger partial charge in [-0.1, -0.05) is 6.07 Å². The SMILES string of the molecule is COc1cc(C=C2C(=O)N(c3ccc(C(=O)OC(C)C)cc3)NC2C)ccc1O. The number of phenols is 1. The molecule has 1 atom stereocenters. The second kappa shape index (κ2) is 8.36. The fraction of sp³-hybridized carbons (Fsp3) is 0.273. The van der Waals surface area contributed by atoms with Crippen LogP contribution in [0.15, 0.2) is 48.0 Å². The minimum Gasteiger partial charge on any atom is -0.504 e. The topological polar surface area (TPSA) is 88.1 Å². The van der Waals surface area contributed by atoms with Gasteiger partial charge in [-0.25, -0.2) is 15.2 Å². The summed E-state index contributed by atoms with van der Waals surface area (Å²) in [6, 6.07) is 11.3. The van der Waals surface area contributed by atoms with Crippen LogP contribution in [0.5, 0.6) is 11.5 Å². The molecule has 7 heteroatoms. The predicted octanol–water partition coefficient (Wildman–Crippen LogP) is 3.29. The fourth-order valence-electron chi connectivity index (χ4n) is 3.01. The number of anilines is 1. The lowest BCUT2D eigenvalue weighted by atomic mass is 10.1. The Hall–Kier alpha value is -3.32. The fourth-order valence-corrected chi connectivity index (χ4v) is 3.01. The van der Waals surface area contributed by atoms with Gasteiger partial charge in [0.15, 0.2) is 11.5 Å². The maximum Gasteiger partial charge on any atom is 0.338 e. The highest BCUT2D eigenvalue weighted by atomic mass is 16.5. The van der Waals surface area contributed by atoms with E-state index in [2.05, 4.69) is 5.43 Å². The molecule has 2 N–H and O–H groups in total. The van der Waals surface area contributed by atoms with Gasteiger partial charge in [0.1, 0.15) is 0 Å². The average molecular weight is 396 g/mol. The summed E-state index contributed by atoms with van der Waals surface area (Å²) in [5, 5.41) is 11.2. The molecule has 1 unspecified atom stereocenters. The first-order chi connectivity index (χ1) is 13.8. The molecule has 0 radical (unpaired) electrons. The summed E-state index contributed by atoms with van der Waals surface area (Å²) < 4.78 is 10.3. The number of hydrazine groups is 1. The maximum atomic E-state index is 12.9. The molecule has 1 heterocycles. The molecule has 1 fully saturated rings. The molecule has 0 saturated carbocycles. The van der Waals surface area contributed by atoms with Crippen LogP contribution in [-0.2, 0) is 9.53 Å². The number of phenolic OH excluding ortho intramolecular Hbond substituents is 1. The van der Waals surface area contributed by atoms with E-state index in [-0.39, 0.29) is 23.8 Å². The lowest BCUT2D eigenvalue weighted by Crippen LogP contribution is -2.36. The second-order valence-electron chi connectivity index (χ2n) is 7.02. The van der Waals surface area contributed by atoms with Crippen LogP contribution >= 0.6 is 0 Å². The average Bonchev–Trinajstić information content (AvgIpc) is 2.97. The molecule has 0 bridgehead atoms. The Labute approximate surface area is 169 Å². The van der Waals surface area contributed by atoms with Crippen molar-refractivity contribution in [3.8, 4) is 11.5 Å². The molecule has 152 valence electrons. The van der Waals surface area contributed by atoms with Crippen molar-refractivity contribution in [1.29, 1.82) is 0 Å². The number of hydrogen-bond donors (Lipinski definition) is 2. The van der Waals surface area contributed by atoms with Gasteiger partial charge in [-0.3, -0.25) is 4.79 Å². The zero-order valence-corrected chi connectivity index (χ0v) is 16.8. The molecular formula is C22H24N2O5. The molecule has 7 nitrogen and oxygen atoms in total. The minimum atomic E-state index is -0.400. The van der Waals surface area contributed by atoms with Crippen LogP contribution in [0.3, 0.4) is 0 Å². The summed E-state index contributed by atoms with van der Waals surface area (Å²) in [6.07, 6.45) is 1.56. The molecule has 1 saturated heterocycles. The first kappa shape index (κ1) is 20.4. The smallest absolute Gasteiger partial charge is 0.338 e. The van der Waals surface area contributed by atoms with Crippen LogP contribution in [-0.4, -0.2) is 36.2 Å². The van der Waals surface area contributed by atoms with Crippen molar-refractivity contribution in [3.63, 3.8) is 0 Å². The number of ether oxygens (including phenoxy) is 2. The molecule has 1 aliphatic heterocycles. The van der Waals surface area contributed by atoms with Crippen LogP contribution in [0.25, 0.3) is 6.08 Å². The Morgan fingerprint density at radius 2 is 1.90 bits per heavy atom. The normalized spacial score (nSPS) is 17.8. The number of nitrogens with one attached hydrogen (secondary N) is 1. The molecule has 0 aromatic heterocycles. The van der Waals surface area contributed by atoms with E-state index >= 15 is 0 Å². The highest BCUT2D eigenvalue weighted by Gasteiger charge is 2.33. The number of esters is 1. The lowest BCUT2D eigenvalue weighted by molar-refractivity contribution is -0.114. The van der Waals surface area contributed by atoms with Crippen molar-refractivity contribution >= 4 is 23.6 Å². The van der Waals surface area contributed by atoms with E-state index in [1.807, 2.05) is 6.92 Å². The molecule has 2 aromatic carbocycles. The van der Waals surface area contributed by atoms with E-state index in [0.717, 1.165) is 5.56 Å². The Balaban J connectivity index is 1.81. The standard InChI is InChI=1S/C22H24N2O5/c1-13(2)29-22(27)16-6-8-17(9-7-16)24-21(26)18(14(3)23-24)11-15-5-10-19(25)20(12-15)28-4/h5-14,23,25H,1-4H3. The number of hydrogen-bond acceptors (Lipinski definition) is 6. The quantitative estimate of drug-likeness (QED) is 0.596. The van der Waals surface area contributed by atoms with Gasteiger partial charge in [-0.05, 0) is 68.8 Å². The highest BCUT2D eigenvalue weighted by Crippen LogP contribution is 2.29. The molecular weight excluding hydrogens is 372 g/mol. The van der Waals surface area contributed by atoms with Gasteiger partial charge < -0.3 is 14.6 Å². The predicted molar refractivity (Wildman–Crippen MR) is 110 cm³/mol. The van der Waals surface area contributed by atoms with E-state index in [0.29, 0.717) is 22.6 Å². The molecule has 29 heavy (non-hydrogen) atoms. The van der Waals surface area contributed by atoms with Crippen molar-refractivity contribution in [2.75, 3.05) is 12.1 Å². The van der Waals surface area contributed by atoms with Gasteiger partial charge >= 0.3 is 5.97 Å². The maximum absolute atomic E-state index is 12.9. The molecule has 0 aliphatic carbocycles. The summed E-state index contributed by atoms with van der Waals surface area (Å²) in [7, 11) is 1.47. The molecule has 1 aliphatic rings. The van der Waals surface area contributed by atoms with Crippen LogP contribution < -0.4 is 15.2 Å². The van der Waals surface area contributed by atoms with Crippen LogP contribution in [0.2, 0.25) is 0 Å². The number of benzene rings is 2. The van der Waals surface area contributed by atoms with E-state index in [4.69, 9.17) is 9.47 Å². The highest BCUT2D eigenvalue weighted by molar-refractivity contribution is 6.11. The monoisotopic (exact) mass is 396 g/mol. The number of methoxy groups -OCH3 is 1. The minimum absolute atomic E-state index is 0.0382. The second-order valence-corrected chi connectivity index (χ2v) is 7.02. The van der Waals surface area contributed by atoms with E-state index < -0.39 is 5.97 Å². The van der Waals surface area contributed by atoms with Crippen molar-refractivity contribution in [1.82, 2.24) is 5.43 Å². The number of amides is 1. The zero-order chi connectivity index (χ0) is 21.1. The van der Waals surface area contributed by atoms with Gasteiger partial charge in [-0.15, -0.1) is 0 Å². The molecule has 3 rings (SSSR count). The Morgan fingerprint density at radius 1 is 1.21 bits per heavy atom. The van der Waals surface area contributed by atoms with Gasteiger partial charge in [0, 0.05) is 5.57 Å². The molecule has 0 spiro atoms. The molecule has 2 aromatic rings. The lowest BCUT2D eigenvalue weighted by Gasteiger charge is -2.16. The van der Waals surface area contributed by atoms with Crippen molar-refractivity contribution in [2.45, 2.75) is 32.9 Å². The van der Waals surface area contributed by atoms with Gasteiger partial charge in [0.25, 0.3) is 5.91 Å². The number of rotatable bonds is 5. The van der Waals surface area contributed by atoms with Gasteiger partial charge in [0.2, 0.25) is 0 Å². The van der Waals surface area contributed by atoms with E-state index in [1.165, 1.54) is 18.2 Å². The van der Waals surface area contributed by atoms with Crippen LogP contribution in [0, 0.1) is 0 Å². The van der Waals surface area contributed by atoms with Crippen LogP contribution in [0.1, 0.15) is 36.7 Å². The third-order valence-electron chi connectivity index (χ3n) is 4.47. The first-order valence-electron chi connectivity index (χ1n) is 9.30. The third-order valence-corrected chi connectivity index (χ3v) is 4.47. The van der Waals surface area contributed by atoms with E-state index in [9.17, 15) is 14.7 Å². The largest absolute Gasteiger partial charge is 0.504 e. The first-order valence-corrected chi connectivity index (χ1v) is 9.30. The van der Waals surface area contributed by atoms with Crippen LogP contribution in [0.4, 0.5) is 5.69 Å². The summed E-state index contributed by atoms with van der Waals surface area (Å²) in [4.78, 5) is 24.9. The summed E-state index contributed by atoms with van der Waals surface area (Å²) in [6.45, 7) is 5.46. The summed E-state index contributed by atoms with van der Waals surface area (Å²) in [5.74, 6) is -0.216. The van der Waals surface area contributed by atoms with Crippen molar-refractivity contribution in [3.05, 3.63) is 59.2 Å². The molecule has 1 amide bonds. The summed E-state index contributed by atoms with van der Waals surface area (Å²) in [5.41, 5.74) is 5.49. The summed E-state index contributed by atoms with van der Waals surface area (Å²) >= 11 is 0. The van der Waals surface area contributed by atoms with Gasteiger partial charge in [-0.2, -0.15) is 0 Å². The van der Waals surface area contributed by atoms with Crippen molar-refractivity contribution < 1.29 is 24.2 Å². The Morgan fingerprint density at radius 3 is 2.52 bits per heavy atom. The number of carbonyl (C=O) groups excluding carboxylic acids is 2. The Bertz CT molecular complexity index is 950. The number of aromatic hydroxyl groups is 1. The van der Waals surface area contributed by atoms with Gasteiger partial charge in [0.05, 0.1) is 30.5 Å². The number of nitrogens with zero attached hydrogens (tertiary/aromatic N) is 1. The Kier molecular flexibility index (Phi) is 5.89.